The van der Waals surface area contributed by atoms with Crippen molar-refractivity contribution < 1.29 is 0 Å². The fourth-order valence-corrected chi connectivity index (χ4v) is 438. The van der Waals surface area contributed by atoms with Crippen molar-refractivity contribution in [1.29, 1.82) is 0 Å². The molecule has 0 amide bonds. The monoisotopic (exact) mass is 1460 g/mol. The summed E-state index contributed by atoms with van der Waals surface area (Å²) in [7, 11) is -25.6. The van der Waals surface area contributed by atoms with Crippen molar-refractivity contribution >= 4 is 158 Å². The molecule has 0 aromatic carbocycles. The van der Waals surface area contributed by atoms with Crippen LogP contribution in [0.4, 0.5) is 0 Å². The maximum absolute atomic E-state index is 3.14. The van der Waals surface area contributed by atoms with Gasteiger partial charge in [0.15, 0.2) is 0 Å². The van der Waals surface area contributed by atoms with E-state index in [9.17, 15) is 0 Å². The second-order valence-corrected chi connectivity index (χ2v) is 176. The zero-order valence-electron chi connectivity index (χ0n) is 66.6. The van der Waals surface area contributed by atoms with E-state index in [-0.39, 0.29) is 0 Å². The lowest BCUT2D eigenvalue weighted by atomic mass is 10.0. The third kappa shape index (κ3) is 18.6. The lowest BCUT2D eigenvalue weighted by molar-refractivity contribution is 0.465. The van der Waals surface area contributed by atoms with E-state index < -0.39 is 142 Å². The lowest BCUT2D eigenvalue weighted by Gasteiger charge is -2.77. The third-order valence-electron chi connectivity index (χ3n) is 20.6. The zero-order valence-corrected chi connectivity index (χ0v) is 86.6. The minimum Gasteiger partial charge on any atom is -0.0854 e. The summed E-state index contributed by atoms with van der Waals surface area (Å²) < 4.78 is 0. The smallest absolute Gasteiger partial charge is 0.0854 e. The Morgan fingerprint density at radius 1 is 0.268 bits per heavy atom. The third-order valence-corrected chi connectivity index (χ3v) is 237. The summed E-state index contributed by atoms with van der Waals surface area (Å²) in [6.07, 6.45) is 0. The Balaban J connectivity index is 13.7. The highest BCUT2D eigenvalue weighted by Crippen LogP contribution is 2.70. The predicted octanol–water partition coefficient (Wildman–Crippen LogP) is 24.2. The van der Waals surface area contributed by atoms with Gasteiger partial charge < -0.3 is 0 Å². The van der Waals surface area contributed by atoms with Gasteiger partial charge >= 0.3 is 0 Å². The first-order valence-corrected chi connectivity index (χ1v) is 98.4. The maximum Gasteiger partial charge on any atom is 0.0864 e. The average molecular weight is 1470 g/mol. The molecule has 0 aromatic heterocycles. The summed E-state index contributed by atoms with van der Waals surface area (Å²) in [6, 6.07) is 1.71. The largest absolute Gasteiger partial charge is 0.0864 e. The highest BCUT2D eigenvalue weighted by Gasteiger charge is 2.82. The van der Waals surface area contributed by atoms with Gasteiger partial charge in [-0.25, -0.2) is 0 Å². The molecule has 0 nitrogen and oxygen atoms in total. The zero-order chi connectivity index (χ0) is 67.1. The van der Waals surface area contributed by atoms with Gasteiger partial charge in [-0.15, -0.1) is 0 Å². The molecule has 0 saturated heterocycles. The highest BCUT2D eigenvalue weighted by atomic mass is 30.0. The Kier molecular flexibility index (Phi) is 29.0. The van der Waals surface area contributed by atoms with Gasteiger partial charge in [-0.2, -0.15) is 0 Å². The first-order chi connectivity index (χ1) is 35.1. The Morgan fingerprint density at radius 3 is 0.561 bits per heavy atom. The Hall–Kier alpha value is 4.34. The van der Waals surface area contributed by atoms with Crippen LogP contribution in [-0.4, -0.2) is 158 Å². The number of hydrogen-bond acceptors (Lipinski definition) is 0. The standard InChI is InChI=1S/C62H160Si20/c1-51(2)65(56(67(14,15)16)68(17,18)19)82(55(9)10,66(52(3)4)57(69(20,21)22)70(23,24)25)64-63-79(50-62(11,12)13,80(53(5)6,58(71(26,27)28)72(29,30)31)59(73(32,33)34)74(35,36)37)81(54(7)8,60(75(38,39)40)76(41,42)43)61(77(44,45)46)78(47,48)49/h51-61H,50H2,1-49H3. The molecule has 0 bridgehead atoms. The molecule has 0 aromatic rings. The molecule has 0 N–H and O–H groups in total. The molecule has 488 valence electrons. The lowest BCUT2D eigenvalue weighted by Crippen LogP contribution is -2.95. The minimum atomic E-state index is -2.61. The van der Waals surface area contributed by atoms with Crippen molar-refractivity contribution in [1.82, 2.24) is 0 Å². The molecule has 0 unspecified atom stereocenters. The Morgan fingerprint density at radius 2 is 0.451 bits per heavy atom. The van der Waals surface area contributed by atoms with Crippen LogP contribution in [0.15, 0.2) is 0 Å². The van der Waals surface area contributed by atoms with E-state index >= 15 is 0 Å². The van der Waals surface area contributed by atoms with Gasteiger partial charge in [-0.05, 0) is 11.0 Å². The van der Waals surface area contributed by atoms with Crippen LogP contribution in [0.25, 0.3) is 0 Å². The molecule has 0 saturated carbocycles. The Labute approximate surface area is 545 Å². The van der Waals surface area contributed by atoms with E-state index in [0.717, 1.165) is 56.4 Å². The molecule has 2 radical (unpaired) electrons. The van der Waals surface area contributed by atoms with Crippen molar-refractivity contribution in [3.05, 3.63) is 0 Å². The molecule has 0 aliphatic carbocycles. The van der Waals surface area contributed by atoms with Crippen molar-refractivity contribution in [2.75, 3.05) is 0 Å². The molecule has 20 heteroatoms. The number of hydrogen-bond donors (Lipinski definition) is 0. The molecular weight excluding hydrogens is 1310 g/mol. The quantitative estimate of drug-likeness (QED) is 0.0685. The van der Waals surface area contributed by atoms with Crippen LogP contribution in [0.3, 0.4) is 0 Å². The summed E-state index contributed by atoms with van der Waals surface area (Å²) >= 11 is 0. The molecular formula is C62H160Si20. The van der Waals surface area contributed by atoms with Crippen molar-refractivity contribution in [3.8, 4) is 0 Å². The van der Waals surface area contributed by atoms with Gasteiger partial charge in [0.25, 0.3) is 0 Å². The summed E-state index contributed by atoms with van der Waals surface area (Å²) in [6.45, 7) is 144. The molecule has 0 aliphatic rings. The van der Waals surface area contributed by atoms with E-state index in [1.807, 2.05) is 0 Å². The van der Waals surface area contributed by atoms with Crippen LogP contribution in [0.2, 0.25) is 298 Å². The molecule has 0 spiro atoms. The van der Waals surface area contributed by atoms with E-state index in [1.54, 1.807) is 6.04 Å². The predicted molar refractivity (Wildman–Crippen MR) is 448 cm³/mol. The van der Waals surface area contributed by atoms with Gasteiger partial charge in [-0.1, -0.05) is 399 Å². The van der Waals surface area contributed by atoms with Crippen LogP contribution in [0, 0.1) is 5.41 Å². The molecule has 0 rings (SSSR count). The average Bonchev–Trinajstić information content (AvgIpc) is 3.07. The van der Waals surface area contributed by atoms with Crippen LogP contribution in [0.1, 0.15) is 90.0 Å². The van der Waals surface area contributed by atoms with Crippen LogP contribution < -0.4 is 0 Å². The fourth-order valence-electron chi connectivity index (χ4n) is 24.1. The summed E-state index contributed by atoms with van der Waals surface area (Å²) in [4.78, 5) is 6.34. The molecule has 0 aliphatic heterocycles. The number of rotatable bonds is 28. The van der Waals surface area contributed by atoms with Crippen molar-refractivity contribution in [3.63, 3.8) is 0 Å². The first kappa shape index (κ1) is 86.3. The molecule has 82 heavy (non-hydrogen) atoms. The van der Waals surface area contributed by atoms with Crippen LogP contribution in [0.5, 0.6) is 0 Å². The molecule has 0 fully saturated rings. The van der Waals surface area contributed by atoms with Gasteiger partial charge in [0.05, 0.1) is 28.4 Å². The normalized spacial score (nSPS) is 16.3. The van der Waals surface area contributed by atoms with Crippen LogP contribution in [-0.2, 0) is 0 Å². The summed E-state index contributed by atoms with van der Waals surface area (Å²) in [5, 5.41) is 0. The van der Waals surface area contributed by atoms with Crippen LogP contribution >= 0.6 is 0 Å². The SMILES string of the molecule is CC(C)[Si](C([Si](C)(C)C)[Si](C)(C)C)[Si]([Si]#[Si][Si](CC(C)(C)C)([Si](C(C)C)(C([Si](C)(C)C)[Si](C)(C)C)C([Si](C)(C)C)[Si](C)(C)C)[Si](C(C)C)(C([Si](C)(C)C)[Si](C)(C)C)C([Si](C)(C)C)[Si](C)(C)C)(C(C)C)[Si](C(C)C)C([Si](C)(C)C)[Si](C)(C)C. The van der Waals surface area contributed by atoms with Crippen molar-refractivity contribution in [2.24, 2.45) is 5.41 Å². The second kappa shape index (κ2) is 27.6. The summed E-state index contributed by atoms with van der Waals surface area (Å²) in [5.74, 6) is 0. The molecule has 0 atom stereocenters. The maximum atomic E-state index is 3.14. The second-order valence-electron chi connectivity index (χ2n) is 44.2. The van der Waals surface area contributed by atoms with E-state index in [4.69, 9.17) is 0 Å². The van der Waals surface area contributed by atoms with E-state index in [0.29, 0.717) is 5.41 Å². The van der Waals surface area contributed by atoms with Gasteiger partial charge in [0.2, 0.25) is 0 Å². The van der Waals surface area contributed by atoms with Gasteiger partial charge in [-0.3, -0.25) is 0 Å². The first-order valence-electron chi connectivity index (χ1n) is 34.4. The highest BCUT2D eigenvalue weighted by molar-refractivity contribution is 7.93. The topological polar surface area (TPSA) is 0 Å². The summed E-state index contributed by atoms with van der Waals surface area (Å²) in [5.41, 5.74) is 4.59. The van der Waals surface area contributed by atoms with E-state index in [2.05, 4.69) is 326 Å². The Bertz CT molecular complexity index is 1820. The fraction of sp³-hybridized carbons (Fsp3) is 1.00. The molecule has 0 heterocycles. The van der Waals surface area contributed by atoms with Gasteiger partial charge in [0.1, 0.15) is 0 Å². The minimum absolute atomic E-state index is 0.293. The van der Waals surface area contributed by atoms with E-state index in [1.165, 1.54) is 15.9 Å². The van der Waals surface area contributed by atoms with Crippen molar-refractivity contribution in [2.45, 2.75) is 388 Å². The van der Waals surface area contributed by atoms with Gasteiger partial charge in [0, 0.05) is 114 Å².